The van der Waals surface area contributed by atoms with Crippen molar-refractivity contribution in [1.29, 1.82) is 0 Å². The molecule has 0 spiro atoms. The Morgan fingerprint density at radius 2 is 1.68 bits per heavy atom. The number of rotatable bonds is 8. The van der Waals surface area contributed by atoms with E-state index < -0.39 is 0 Å². The van der Waals surface area contributed by atoms with Gasteiger partial charge in [-0.3, -0.25) is 0 Å². The van der Waals surface area contributed by atoms with Crippen molar-refractivity contribution < 1.29 is 19.0 Å². The molecule has 0 aliphatic carbocycles. The molecule has 0 saturated heterocycles. The number of ether oxygens (including phenoxy) is 3. The Hall–Kier alpha value is -3.67. The second kappa shape index (κ2) is 9.89. The Kier molecular flexibility index (Phi) is 6.57. The molecular weight excluding hydrogens is 392 g/mol. The largest absolute Gasteiger partial charge is 0.494 e. The first-order chi connectivity index (χ1) is 15.2. The van der Waals surface area contributed by atoms with Gasteiger partial charge in [-0.15, -0.1) is 0 Å². The molecule has 3 aromatic rings. The molecule has 6 nitrogen and oxygen atoms in total. The number of carbonyl (C=O) groups excluding carboxylic acids is 1. The highest BCUT2D eigenvalue weighted by atomic mass is 16.7. The van der Waals surface area contributed by atoms with Crippen LogP contribution in [0.5, 0.6) is 17.2 Å². The highest BCUT2D eigenvalue weighted by molar-refractivity contribution is 5.89. The van der Waals surface area contributed by atoms with Crippen LogP contribution in [0.4, 0.5) is 10.5 Å². The molecule has 31 heavy (non-hydrogen) atoms. The molecule has 1 heterocycles. The van der Waals surface area contributed by atoms with E-state index >= 15 is 0 Å². The highest BCUT2D eigenvalue weighted by Gasteiger charge is 2.18. The van der Waals surface area contributed by atoms with E-state index in [4.69, 9.17) is 14.2 Å². The maximum atomic E-state index is 12.7. The van der Waals surface area contributed by atoms with Crippen molar-refractivity contribution in [1.82, 2.24) is 5.32 Å². The van der Waals surface area contributed by atoms with Crippen molar-refractivity contribution in [3.8, 4) is 17.2 Å². The zero-order chi connectivity index (χ0) is 21.5. The van der Waals surface area contributed by atoms with Gasteiger partial charge in [0.05, 0.1) is 6.61 Å². The van der Waals surface area contributed by atoms with Gasteiger partial charge in [-0.2, -0.15) is 0 Å². The fourth-order valence-electron chi connectivity index (χ4n) is 3.58. The van der Waals surface area contributed by atoms with Gasteiger partial charge >= 0.3 is 6.03 Å². The Morgan fingerprint density at radius 3 is 2.45 bits per heavy atom. The van der Waals surface area contributed by atoms with Gasteiger partial charge in [0.15, 0.2) is 11.5 Å². The van der Waals surface area contributed by atoms with Crippen LogP contribution in [0.2, 0.25) is 0 Å². The highest BCUT2D eigenvalue weighted by Crippen LogP contribution is 2.33. The van der Waals surface area contributed by atoms with Gasteiger partial charge in [-0.25, -0.2) is 4.79 Å². The second-order valence-corrected chi connectivity index (χ2v) is 7.33. The van der Waals surface area contributed by atoms with Crippen molar-refractivity contribution in [2.75, 3.05) is 18.7 Å². The van der Waals surface area contributed by atoms with E-state index in [2.05, 4.69) is 22.8 Å². The van der Waals surface area contributed by atoms with Crippen LogP contribution in [0.3, 0.4) is 0 Å². The Labute approximate surface area is 182 Å². The van der Waals surface area contributed by atoms with Crippen molar-refractivity contribution in [2.45, 2.75) is 25.8 Å². The number of fused-ring (bicyclic) bond motifs is 1. The second-order valence-electron chi connectivity index (χ2n) is 7.33. The molecule has 0 saturated carbocycles. The van der Waals surface area contributed by atoms with Crippen LogP contribution in [0.1, 0.15) is 18.1 Å². The first kappa shape index (κ1) is 20.6. The van der Waals surface area contributed by atoms with E-state index in [0.717, 1.165) is 28.4 Å². The van der Waals surface area contributed by atoms with E-state index in [9.17, 15) is 4.79 Å². The number of hydrogen-bond donors (Lipinski definition) is 2. The molecule has 1 atom stereocenters. The summed E-state index contributed by atoms with van der Waals surface area (Å²) in [6.45, 7) is 2.79. The van der Waals surface area contributed by atoms with Crippen LogP contribution in [0.15, 0.2) is 72.8 Å². The predicted molar refractivity (Wildman–Crippen MR) is 120 cm³/mol. The van der Waals surface area contributed by atoms with Crippen molar-refractivity contribution >= 4 is 11.7 Å². The number of nitrogens with one attached hydrogen (secondary N) is 2. The lowest BCUT2D eigenvalue weighted by Crippen LogP contribution is -2.40. The van der Waals surface area contributed by atoms with E-state index in [1.165, 1.54) is 0 Å². The molecule has 2 amide bonds. The Bertz CT molecular complexity index is 1010. The summed E-state index contributed by atoms with van der Waals surface area (Å²) in [5.74, 6) is 2.28. The SMILES string of the molecule is CCOc1ccc(NC(=O)N[C@H](Cc2ccccc2)Cc2ccc3c(c2)OCO3)cc1. The summed E-state index contributed by atoms with van der Waals surface area (Å²) in [6, 6.07) is 23.0. The maximum absolute atomic E-state index is 12.7. The minimum absolute atomic E-state index is 0.0922. The summed E-state index contributed by atoms with van der Waals surface area (Å²) >= 11 is 0. The smallest absolute Gasteiger partial charge is 0.319 e. The number of benzene rings is 3. The summed E-state index contributed by atoms with van der Waals surface area (Å²) in [4.78, 5) is 12.7. The van der Waals surface area contributed by atoms with E-state index in [-0.39, 0.29) is 18.9 Å². The normalized spacial score (nSPS) is 12.8. The van der Waals surface area contributed by atoms with Gasteiger partial charge in [-0.1, -0.05) is 36.4 Å². The summed E-state index contributed by atoms with van der Waals surface area (Å²) in [7, 11) is 0. The molecule has 0 radical (unpaired) electrons. The van der Waals surface area contributed by atoms with E-state index in [1.807, 2.05) is 67.6 Å². The fourth-order valence-corrected chi connectivity index (χ4v) is 3.58. The fraction of sp³-hybridized carbons (Fsp3) is 0.240. The van der Waals surface area contributed by atoms with Crippen LogP contribution >= 0.6 is 0 Å². The maximum Gasteiger partial charge on any atom is 0.319 e. The summed E-state index contributed by atoms with van der Waals surface area (Å²) in [6.07, 6.45) is 1.38. The first-order valence-corrected chi connectivity index (χ1v) is 10.4. The zero-order valence-corrected chi connectivity index (χ0v) is 17.5. The lowest BCUT2D eigenvalue weighted by atomic mass is 9.98. The molecule has 1 aliphatic rings. The van der Waals surface area contributed by atoms with Gasteiger partial charge in [0.1, 0.15) is 5.75 Å². The average molecular weight is 418 g/mol. The molecular formula is C25H26N2O4. The Balaban J connectivity index is 1.43. The molecule has 0 aromatic heterocycles. The van der Waals surface area contributed by atoms with Gasteiger partial charge in [0.2, 0.25) is 6.79 Å². The molecule has 1 aliphatic heterocycles. The molecule has 6 heteroatoms. The molecule has 0 unspecified atom stereocenters. The van der Waals surface area contributed by atoms with Crippen molar-refractivity contribution in [2.24, 2.45) is 0 Å². The lowest BCUT2D eigenvalue weighted by molar-refractivity contribution is 0.174. The van der Waals surface area contributed by atoms with Gasteiger partial charge in [0.25, 0.3) is 0 Å². The average Bonchev–Trinajstić information content (AvgIpc) is 3.24. The minimum atomic E-state index is -0.245. The standard InChI is InChI=1S/C25H26N2O4/c1-2-29-22-11-9-20(10-12-22)26-25(28)27-21(14-18-6-4-3-5-7-18)15-19-8-13-23-24(16-19)31-17-30-23/h3-13,16,21H,2,14-15,17H2,1H3,(H2,26,27,28)/t21-/m1/s1. The van der Waals surface area contributed by atoms with Gasteiger partial charge in [-0.05, 0) is 67.3 Å². The predicted octanol–water partition coefficient (Wildman–Crippen LogP) is 4.79. The molecule has 4 rings (SSSR count). The van der Waals surface area contributed by atoms with E-state index in [0.29, 0.717) is 25.1 Å². The molecule has 2 N–H and O–H groups in total. The van der Waals surface area contributed by atoms with Crippen LogP contribution in [-0.2, 0) is 12.8 Å². The monoisotopic (exact) mass is 418 g/mol. The van der Waals surface area contributed by atoms with Crippen molar-refractivity contribution in [3.63, 3.8) is 0 Å². The molecule has 0 bridgehead atoms. The van der Waals surface area contributed by atoms with Crippen LogP contribution in [0.25, 0.3) is 0 Å². The number of urea groups is 1. The minimum Gasteiger partial charge on any atom is -0.494 e. The third-order valence-corrected chi connectivity index (χ3v) is 5.00. The van der Waals surface area contributed by atoms with E-state index in [1.54, 1.807) is 0 Å². The quantitative estimate of drug-likeness (QED) is 0.552. The molecule has 0 fully saturated rings. The lowest BCUT2D eigenvalue weighted by Gasteiger charge is -2.20. The van der Waals surface area contributed by atoms with Crippen molar-refractivity contribution in [3.05, 3.63) is 83.9 Å². The van der Waals surface area contributed by atoms with Gasteiger partial charge < -0.3 is 24.8 Å². The van der Waals surface area contributed by atoms with Crippen LogP contribution in [-0.4, -0.2) is 25.5 Å². The topological polar surface area (TPSA) is 68.8 Å². The third kappa shape index (κ3) is 5.69. The number of amides is 2. The molecule has 160 valence electrons. The summed E-state index contributed by atoms with van der Waals surface area (Å²) in [5, 5.41) is 6.02. The summed E-state index contributed by atoms with van der Waals surface area (Å²) in [5.41, 5.74) is 2.95. The molecule has 3 aromatic carbocycles. The number of carbonyl (C=O) groups is 1. The zero-order valence-electron chi connectivity index (χ0n) is 17.5. The summed E-state index contributed by atoms with van der Waals surface area (Å²) < 4.78 is 16.3. The Morgan fingerprint density at radius 1 is 0.935 bits per heavy atom. The number of anilines is 1. The first-order valence-electron chi connectivity index (χ1n) is 10.4. The number of hydrogen-bond acceptors (Lipinski definition) is 4. The van der Waals surface area contributed by atoms with Crippen LogP contribution in [0, 0.1) is 0 Å². The van der Waals surface area contributed by atoms with Crippen LogP contribution < -0.4 is 24.8 Å². The van der Waals surface area contributed by atoms with Gasteiger partial charge in [0, 0.05) is 11.7 Å². The third-order valence-electron chi connectivity index (χ3n) is 5.00.